The van der Waals surface area contributed by atoms with Crippen LogP contribution in [0.4, 0.5) is 17.1 Å². The van der Waals surface area contributed by atoms with Crippen molar-refractivity contribution < 1.29 is 0 Å². The maximum Gasteiger partial charge on any atom is 0.184 e. The molecule has 2 aliphatic heterocycles. The molecular weight excluding hydrogens is 1150 g/mol. The molecule has 0 bridgehead atoms. The monoisotopic (exact) mass is 1210 g/mol. The van der Waals surface area contributed by atoms with Gasteiger partial charge in [-0.15, -0.1) is 0 Å². The first kappa shape index (κ1) is 54.4. The second-order valence-electron chi connectivity index (χ2n) is 27.6. The maximum atomic E-state index is 2.71. The highest BCUT2D eigenvalue weighted by atomic mass is 28.3. The zero-order valence-electron chi connectivity index (χ0n) is 52.7. The Balaban J connectivity index is 0.907. The van der Waals surface area contributed by atoms with Gasteiger partial charge in [-0.25, -0.2) is 0 Å². The minimum atomic E-state index is -3.26. The number of para-hydroxylation sites is 5. The van der Waals surface area contributed by atoms with E-state index in [0.717, 1.165) is 17.1 Å². The van der Waals surface area contributed by atoms with E-state index in [1.807, 2.05) is 0 Å². The average Bonchev–Trinajstić information content (AvgIpc) is 0.843. The van der Waals surface area contributed by atoms with Crippen LogP contribution in [0.25, 0.3) is 82.5 Å². The van der Waals surface area contributed by atoms with E-state index in [-0.39, 0.29) is 10.8 Å². The Morgan fingerprint density at radius 3 is 1.12 bits per heavy atom. The first-order valence-electron chi connectivity index (χ1n) is 32.5. The topological polar surface area (TPSA) is 18.0 Å². The van der Waals surface area contributed by atoms with Gasteiger partial charge in [-0.3, -0.25) is 0 Å². The van der Waals surface area contributed by atoms with E-state index in [1.165, 1.54) is 135 Å². The number of rotatable bonds is 7. The lowest BCUT2D eigenvalue weighted by Gasteiger charge is -2.52. The average molecular weight is 1210 g/mol. The predicted octanol–water partition coefficient (Wildman–Crippen LogP) is 16.4. The van der Waals surface area contributed by atoms with Crippen LogP contribution in [-0.2, 0) is 10.8 Å². The number of benzene rings is 13. The fourth-order valence-corrected chi connectivity index (χ4v) is 26.9. The Morgan fingerprint density at radius 1 is 0.239 bits per heavy atom. The van der Waals surface area contributed by atoms with Crippen molar-refractivity contribution in [1.82, 2.24) is 13.7 Å². The van der Waals surface area contributed by atoms with Crippen molar-refractivity contribution in [2.45, 2.75) is 52.4 Å². The van der Waals surface area contributed by atoms with E-state index >= 15 is 0 Å². The van der Waals surface area contributed by atoms with Gasteiger partial charge in [-0.05, 0) is 154 Å². The Morgan fingerprint density at radius 2 is 0.598 bits per heavy atom. The summed E-state index contributed by atoms with van der Waals surface area (Å²) in [5.41, 5.74) is 17.1. The summed E-state index contributed by atoms with van der Waals surface area (Å²) in [6.07, 6.45) is 0. The van der Waals surface area contributed by atoms with Gasteiger partial charge < -0.3 is 18.6 Å². The van der Waals surface area contributed by atoms with E-state index in [0.29, 0.717) is 0 Å². The number of fused-ring (bicyclic) bond motifs is 13. The molecule has 1 unspecified atom stereocenters. The summed E-state index contributed by atoms with van der Waals surface area (Å²) in [5, 5.41) is 18.6. The van der Waals surface area contributed by atoms with Crippen LogP contribution in [0, 0.1) is 0 Å². The molecule has 5 heterocycles. The van der Waals surface area contributed by atoms with Gasteiger partial charge in [0.2, 0.25) is 0 Å². The molecule has 3 aromatic heterocycles. The van der Waals surface area contributed by atoms with E-state index in [4.69, 9.17) is 0 Å². The van der Waals surface area contributed by atoms with Gasteiger partial charge in [0.1, 0.15) is 0 Å². The van der Waals surface area contributed by atoms with E-state index < -0.39 is 16.1 Å². The van der Waals surface area contributed by atoms with Crippen LogP contribution >= 0.6 is 0 Å². The number of hydrogen-bond acceptors (Lipinski definition) is 1. The molecule has 13 aromatic carbocycles. The summed E-state index contributed by atoms with van der Waals surface area (Å²) >= 11 is 0. The van der Waals surface area contributed by atoms with Crippen molar-refractivity contribution >= 4 is 140 Å². The van der Waals surface area contributed by atoms with Crippen LogP contribution in [0.2, 0.25) is 0 Å². The minimum Gasteiger partial charge on any atom is -0.311 e. The Kier molecular flexibility index (Phi) is 11.8. The third-order valence-corrected chi connectivity index (χ3v) is 30.3. The lowest BCUT2D eigenvalue weighted by molar-refractivity contribution is 0.590. The van der Waals surface area contributed by atoms with Crippen molar-refractivity contribution in [1.29, 1.82) is 0 Å². The molecule has 0 aliphatic carbocycles. The number of aromatic nitrogens is 3. The summed E-state index contributed by atoms with van der Waals surface area (Å²) in [6.45, 7) is 13.9. The zero-order valence-corrected chi connectivity index (χ0v) is 54.7. The van der Waals surface area contributed by atoms with Gasteiger partial charge in [0, 0.05) is 66.4 Å². The first-order valence-corrected chi connectivity index (χ1v) is 36.5. The van der Waals surface area contributed by atoms with Crippen LogP contribution in [0.1, 0.15) is 52.7 Å². The minimum absolute atomic E-state index is 0.00853. The molecule has 0 N–H and O–H groups in total. The number of anilines is 3. The highest BCUT2D eigenvalue weighted by Crippen LogP contribution is 2.45. The van der Waals surface area contributed by atoms with Gasteiger partial charge in [0.05, 0.1) is 33.1 Å². The normalized spacial score (nSPS) is 15.2. The molecule has 4 nitrogen and oxygen atoms in total. The lowest BCUT2D eigenvalue weighted by Crippen LogP contribution is -2.82. The maximum absolute atomic E-state index is 3.26. The van der Waals surface area contributed by atoms with Crippen molar-refractivity contribution in [3.63, 3.8) is 0 Å². The van der Waals surface area contributed by atoms with E-state index in [1.54, 1.807) is 0 Å². The van der Waals surface area contributed by atoms with Gasteiger partial charge in [-0.2, -0.15) is 0 Å². The van der Waals surface area contributed by atoms with Crippen molar-refractivity contribution in [2.24, 2.45) is 0 Å². The Bertz CT molecular complexity index is 5520. The molecule has 0 spiro atoms. The molecule has 92 heavy (non-hydrogen) atoms. The number of nitrogens with zero attached hydrogens (tertiary/aromatic N) is 4. The fourth-order valence-electron chi connectivity index (χ4n) is 16.5. The SMILES string of the molecule is CC(C)(C)c1ccc2c(c1)c1cc(C(C)(C)C)ccc1n2-c1ccc2c(c1)c1ccccc1n2-c1ccc2c(c1)N1c3ccccc3[Si](c3ccccc3)(c3cccc(-n4c5ccccc5c5ccccc54)c3)c3cccc(c31)[Si]2(c1ccccc1)c1ccccc1. The summed E-state index contributed by atoms with van der Waals surface area (Å²) in [7, 11) is -6.46. The smallest absolute Gasteiger partial charge is 0.184 e. The molecule has 0 saturated carbocycles. The Hall–Kier alpha value is -10.5. The molecule has 440 valence electrons. The Labute approximate surface area is 539 Å². The molecule has 1 atom stereocenters. The second-order valence-corrected chi connectivity index (χ2v) is 35.1. The van der Waals surface area contributed by atoms with E-state index in [2.05, 4.69) is 363 Å². The van der Waals surface area contributed by atoms with Gasteiger partial charge >= 0.3 is 0 Å². The summed E-state index contributed by atoms with van der Waals surface area (Å²) in [4.78, 5) is 2.71. The quantitative estimate of drug-likeness (QED) is 0.145. The largest absolute Gasteiger partial charge is 0.311 e. The van der Waals surface area contributed by atoms with Gasteiger partial charge in [0.25, 0.3) is 0 Å². The molecule has 0 saturated heterocycles. The zero-order chi connectivity index (χ0) is 61.8. The lowest BCUT2D eigenvalue weighted by atomic mass is 9.85. The van der Waals surface area contributed by atoms with Crippen molar-refractivity contribution in [2.75, 3.05) is 4.90 Å². The molecule has 18 rings (SSSR count). The third-order valence-electron chi connectivity index (χ3n) is 20.7. The van der Waals surface area contributed by atoms with Crippen LogP contribution in [0.5, 0.6) is 0 Å². The first-order chi connectivity index (χ1) is 44.9. The molecule has 6 heteroatoms. The van der Waals surface area contributed by atoms with Gasteiger partial charge in [-0.1, -0.05) is 254 Å². The highest BCUT2D eigenvalue weighted by Gasteiger charge is 2.56. The molecule has 16 aromatic rings. The molecule has 0 amide bonds. The van der Waals surface area contributed by atoms with Crippen LogP contribution in [-0.4, -0.2) is 29.8 Å². The molecule has 0 fully saturated rings. The second kappa shape index (κ2) is 20.0. The van der Waals surface area contributed by atoms with Crippen LogP contribution < -0.4 is 46.4 Å². The van der Waals surface area contributed by atoms with Crippen molar-refractivity contribution in [3.05, 3.63) is 314 Å². The molecule has 0 radical (unpaired) electrons. The summed E-state index contributed by atoms with van der Waals surface area (Å²) in [6, 6.07) is 117. The van der Waals surface area contributed by atoms with Gasteiger partial charge in [0.15, 0.2) is 16.1 Å². The summed E-state index contributed by atoms with van der Waals surface area (Å²) < 4.78 is 7.54. The molecule has 2 aliphatic rings. The van der Waals surface area contributed by atoms with Crippen molar-refractivity contribution in [3.8, 4) is 17.1 Å². The summed E-state index contributed by atoms with van der Waals surface area (Å²) in [5.74, 6) is 0. The van der Waals surface area contributed by atoms with E-state index in [9.17, 15) is 0 Å². The third kappa shape index (κ3) is 7.62. The fraction of sp³-hybridized carbons (Fsp3) is 0.0930. The highest BCUT2D eigenvalue weighted by molar-refractivity contribution is 7.24. The molecular formula is C86H68N4Si2. The standard InChI is InChI=1S/C86H68N4Si2/c1-85(2,3)57-44-48-75-69(52-57)70-53-58(86(4,5)6)45-49-76(70)88(75)60-46-50-77-71(55-60)68-36-18-21-39-74(68)89(77)61-47-51-81-79(56-61)90-78-40-22-23-41-80(78)92(64-31-14-9-15-32-64,65-33-24-26-59(54-65)87-72-37-19-16-34-66(72)67-35-17-20-38-73(67)87)83-43-25-42-82(84(83)90)91(81,62-27-10-7-11-28-62)63-29-12-8-13-30-63/h7-56H,1-6H3. The van der Waals surface area contributed by atoms with Crippen LogP contribution in [0.3, 0.4) is 0 Å². The number of hydrogen-bond donors (Lipinski definition) is 0. The van der Waals surface area contributed by atoms with Crippen LogP contribution in [0.15, 0.2) is 303 Å². The predicted molar refractivity (Wildman–Crippen MR) is 396 cm³/mol.